The number of esters is 1. The van der Waals surface area contributed by atoms with Gasteiger partial charge in [0.25, 0.3) is 5.89 Å². The number of hydrogen-bond acceptors (Lipinski definition) is 8. The molecular formula is C21H27N3O6. The molecule has 0 saturated heterocycles. The van der Waals surface area contributed by atoms with Gasteiger partial charge in [0, 0.05) is 24.5 Å². The van der Waals surface area contributed by atoms with Crippen LogP contribution in [0.1, 0.15) is 49.3 Å². The highest BCUT2D eigenvalue weighted by Gasteiger charge is 2.39. The van der Waals surface area contributed by atoms with Gasteiger partial charge in [-0.15, -0.1) is 0 Å². The molecule has 2 atom stereocenters. The lowest BCUT2D eigenvalue weighted by Gasteiger charge is -2.15. The quantitative estimate of drug-likeness (QED) is 0.619. The standard InChI is InChI=1S/C21H27N3O6/c1-11(2)6-18-23-19(30-24-18)10-29-21(26)14-8-16(27-4)17(28-5)9-15(14)22-20(25)13-7-12(13)3/h8-9,11-13H,6-7,10H2,1-5H3,(H,22,25). The van der Waals surface area contributed by atoms with Gasteiger partial charge < -0.3 is 24.1 Å². The predicted octanol–water partition coefficient (Wildman–Crippen LogP) is 3.24. The highest BCUT2D eigenvalue weighted by Crippen LogP contribution is 2.40. The van der Waals surface area contributed by atoms with Gasteiger partial charge in [0.05, 0.1) is 25.5 Å². The molecule has 0 bridgehead atoms. The molecule has 1 aromatic carbocycles. The van der Waals surface area contributed by atoms with Crippen LogP contribution in [0.25, 0.3) is 0 Å². The minimum atomic E-state index is -0.654. The number of methoxy groups -OCH3 is 2. The highest BCUT2D eigenvalue weighted by atomic mass is 16.6. The lowest BCUT2D eigenvalue weighted by Crippen LogP contribution is -2.18. The molecule has 1 fully saturated rings. The number of carbonyl (C=O) groups excluding carboxylic acids is 2. The fourth-order valence-corrected chi connectivity index (χ4v) is 3.07. The molecule has 9 nitrogen and oxygen atoms in total. The zero-order chi connectivity index (χ0) is 21.8. The second-order valence-electron chi connectivity index (χ2n) is 7.84. The number of ether oxygens (including phenoxy) is 3. The van der Waals surface area contributed by atoms with E-state index in [4.69, 9.17) is 18.7 Å². The van der Waals surface area contributed by atoms with Crippen molar-refractivity contribution in [3.63, 3.8) is 0 Å². The first kappa shape index (κ1) is 21.6. The largest absolute Gasteiger partial charge is 0.493 e. The summed E-state index contributed by atoms with van der Waals surface area (Å²) in [5, 5.41) is 6.68. The van der Waals surface area contributed by atoms with Crippen molar-refractivity contribution in [3.05, 3.63) is 29.4 Å². The van der Waals surface area contributed by atoms with Crippen LogP contribution in [0.4, 0.5) is 5.69 Å². The lowest BCUT2D eigenvalue weighted by molar-refractivity contribution is -0.117. The maximum atomic E-state index is 12.8. The molecule has 1 heterocycles. The summed E-state index contributed by atoms with van der Waals surface area (Å²) in [7, 11) is 2.94. The molecule has 1 aliphatic carbocycles. The Bertz CT molecular complexity index is 923. The van der Waals surface area contributed by atoms with Crippen molar-refractivity contribution >= 4 is 17.6 Å². The van der Waals surface area contributed by atoms with Crippen LogP contribution >= 0.6 is 0 Å². The van der Waals surface area contributed by atoms with E-state index in [1.807, 2.05) is 20.8 Å². The van der Waals surface area contributed by atoms with Crippen molar-refractivity contribution < 1.29 is 28.3 Å². The zero-order valence-electron chi connectivity index (χ0n) is 17.9. The number of amides is 1. The molecule has 2 aromatic rings. The number of carbonyl (C=O) groups is 2. The molecule has 1 amide bonds. The Kier molecular flexibility index (Phi) is 6.59. The summed E-state index contributed by atoms with van der Waals surface area (Å²) in [6, 6.07) is 3.03. The van der Waals surface area contributed by atoms with Gasteiger partial charge in [-0.1, -0.05) is 25.9 Å². The van der Waals surface area contributed by atoms with Crippen LogP contribution in [-0.4, -0.2) is 36.2 Å². The molecule has 0 spiro atoms. The van der Waals surface area contributed by atoms with Crippen molar-refractivity contribution in [2.24, 2.45) is 17.8 Å². The number of hydrogen-bond donors (Lipinski definition) is 1. The van der Waals surface area contributed by atoms with E-state index in [0.717, 1.165) is 6.42 Å². The van der Waals surface area contributed by atoms with Crippen molar-refractivity contribution in [1.82, 2.24) is 10.1 Å². The van der Waals surface area contributed by atoms with Crippen molar-refractivity contribution in [2.45, 2.75) is 40.2 Å². The number of nitrogens with zero attached hydrogens (tertiary/aromatic N) is 2. The summed E-state index contributed by atoms with van der Waals surface area (Å²) < 4.78 is 21.0. The summed E-state index contributed by atoms with van der Waals surface area (Å²) in [5.41, 5.74) is 0.448. The zero-order valence-corrected chi connectivity index (χ0v) is 17.9. The van der Waals surface area contributed by atoms with Crippen LogP contribution in [0.5, 0.6) is 11.5 Å². The number of anilines is 1. The Morgan fingerprint density at radius 1 is 1.23 bits per heavy atom. The average molecular weight is 417 g/mol. The van der Waals surface area contributed by atoms with Gasteiger partial charge in [0.1, 0.15) is 0 Å². The third kappa shape index (κ3) is 5.08. The minimum Gasteiger partial charge on any atom is -0.493 e. The van der Waals surface area contributed by atoms with E-state index >= 15 is 0 Å². The first-order valence-electron chi connectivity index (χ1n) is 9.87. The van der Waals surface area contributed by atoms with Crippen LogP contribution in [0.15, 0.2) is 16.7 Å². The van der Waals surface area contributed by atoms with Gasteiger partial charge in [-0.3, -0.25) is 4.79 Å². The van der Waals surface area contributed by atoms with E-state index in [9.17, 15) is 9.59 Å². The lowest BCUT2D eigenvalue weighted by atomic mass is 10.1. The molecular weight excluding hydrogens is 390 g/mol. The minimum absolute atomic E-state index is 0.0558. The number of rotatable bonds is 9. The van der Waals surface area contributed by atoms with Gasteiger partial charge in [0.2, 0.25) is 5.91 Å². The number of aromatic nitrogens is 2. The van der Waals surface area contributed by atoms with Crippen molar-refractivity contribution in [3.8, 4) is 11.5 Å². The van der Waals surface area contributed by atoms with Crippen LogP contribution in [0.3, 0.4) is 0 Å². The Morgan fingerprint density at radius 2 is 1.90 bits per heavy atom. The van der Waals surface area contributed by atoms with Gasteiger partial charge in [-0.2, -0.15) is 4.98 Å². The molecule has 2 unspecified atom stereocenters. The van der Waals surface area contributed by atoms with Crippen LogP contribution in [0, 0.1) is 17.8 Å². The molecule has 1 N–H and O–H groups in total. The van der Waals surface area contributed by atoms with E-state index in [1.165, 1.54) is 20.3 Å². The van der Waals surface area contributed by atoms with Crippen LogP contribution in [0.2, 0.25) is 0 Å². The average Bonchev–Trinajstić information content (AvgIpc) is 3.29. The summed E-state index contributed by atoms with van der Waals surface area (Å²) in [5.74, 6) is 1.37. The van der Waals surface area contributed by atoms with Crippen LogP contribution in [-0.2, 0) is 22.6 Å². The third-order valence-corrected chi connectivity index (χ3v) is 4.88. The van der Waals surface area contributed by atoms with Crippen molar-refractivity contribution in [2.75, 3.05) is 19.5 Å². The van der Waals surface area contributed by atoms with Gasteiger partial charge >= 0.3 is 5.97 Å². The normalized spacial score (nSPS) is 17.5. The van der Waals surface area contributed by atoms with E-state index in [0.29, 0.717) is 41.3 Å². The number of benzene rings is 1. The second kappa shape index (κ2) is 9.15. The van der Waals surface area contributed by atoms with E-state index < -0.39 is 5.97 Å². The first-order chi connectivity index (χ1) is 14.3. The van der Waals surface area contributed by atoms with E-state index in [-0.39, 0.29) is 29.9 Å². The Morgan fingerprint density at radius 3 is 2.50 bits per heavy atom. The Balaban J connectivity index is 1.76. The highest BCUT2D eigenvalue weighted by molar-refractivity contribution is 6.03. The maximum absolute atomic E-state index is 12.8. The summed E-state index contributed by atoms with van der Waals surface area (Å²) >= 11 is 0. The molecule has 162 valence electrons. The molecule has 9 heteroatoms. The molecule has 3 rings (SSSR count). The van der Waals surface area contributed by atoms with Crippen molar-refractivity contribution in [1.29, 1.82) is 0 Å². The maximum Gasteiger partial charge on any atom is 0.340 e. The Labute approximate surface area is 175 Å². The predicted molar refractivity (Wildman–Crippen MR) is 107 cm³/mol. The topological polar surface area (TPSA) is 113 Å². The molecule has 0 radical (unpaired) electrons. The first-order valence-corrected chi connectivity index (χ1v) is 9.87. The third-order valence-electron chi connectivity index (χ3n) is 4.88. The molecule has 1 aliphatic rings. The van der Waals surface area contributed by atoms with Crippen LogP contribution < -0.4 is 14.8 Å². The molecule has 1 saturated carbocycles. The van der Waals surface area contributed by atoms with Gasteiger partial charge in [-0.25, -0.2) is 4.79 Å². The van der Waals surface area contributed by atoms with Gasteiger partial charge in [-0.05, 0) is 18.3 Å². The van der Waals surface area contributed by atoms with E-state index in [2.05, 4.69) is 15.5 Å². The van der Waals surface area contributed by atoms with E-state index in [1.54, 1.807) is 6.07 Å². The Hall–Kier alpha value is -3.10. The fraction of sp³-hybridized carbons (Fsp3) is 0.524. The molecule has 1 aromatic heterocycles. The van der Waals surface area contributed by atoms with Gasteiger partial charge in [0.15, 0.2) is 23.9 Å². The smallest absolute Gasteiger partial charge is 0.340 e. The SMILES string of the molecule is COc1cc(NC(=O)C2CC2C)c(C(=O)OCc2nc(CC(C)C)no2)cc1OC. The molecule has 0 aliphatic heterocycles. The summed E-state index contributed by atoms with van der Waals surface area (Å²) in [6.45, 7) is 5.92. The monoisotopic (exact) mass is 417 g/mol. The summed E-state index contributed by atoms with van der Waals surface area (Å²) in [4.78, 5) is 29.4. The summed E-state index contributed by atoms with van der Waals surface area (Å²) in [6.07, 6.45) is 1.50. The number of nitrogens with one attached hydrogen (secondary N) is 1. The molecule has 30 heavy (non-hydrogen) atoms. The second-order valence-corrected chi connectivity index (χ2v) is 7.84. The fourth-order valence-electron chi connectivity index (χ4n) is 3.07.